The number of nitrogens with zero attached hydrogens (tertiary/aromatic N) is 1. The summed E-state index contributed by atoms with van der Waals surface area (Å²) in [6, 6.07) is 4.20. The van der Waals surface area contributed by atoms with Gasteiger partial charge in [0.2, 0.25) is 5.91 Å². The molecular formula is C18H27Cl2F2N3O2. The number of piperidine rings is 1. The molecular weight excluding hydrogens is 399 g/mol. The number of amides is 1. The minimum atomic E-state index is -0.817. The Hall–Kier alpha value is -0.990. The largest absolute Gasteiger partial charge is 0.375 e. The van der Waals surface area contributed by atoms with E-state index in [0.717, 1.165) is 44.6 Å². The highest BCUT2D eigenvalue weighted by Crippen LogP contribution is 2.16. The molecule has 2 N–H and O–H groups in total. The highest BCUT2D eigenvalue weighted by atomic mass is 35.5. The van der Waals surface area contributed by atoms with Crippen LogP contribution in [0.25, 0.3) is 0 Å². The van der Waals surface area contributed by atoms with E-state index in [1.807, 2.05) is 0 Å². The van der Waals surface area contributed by atoms with Crippen LogP contribution >= 0.6 is 24.8 Å². The van der Waals surface area contributed by atoms with Gasteiger partial charge in [-0.25, -0.2) is 8.78 Å². The zero-order valence-corrected chi connectivity index (χ0v) is 16.7. The number of hydrogen-bond acceptors (Lipinski definition) is 4. The molecule has 1 amide bonds. The second-order valence-electron chi connectivity index (χ2n) is 6.77. The van der Waals surface area contributed by atoms with Gasteiger partial charge in [0.25, 0.3) is 0 Å². The van der Waals surface area contributed by atoms with Gasteiger partial charge in [0.15, 0.2) is 11.6 Å². The number of morpholine rings is 1. The van der Waals surface area contributed by atoms with Gasteiger partial charge in [-0.15, -0.1) is 24.8 Å². The predicted molar refractivity (Wildman–Crippen MR) is 105 cm³/mol. The Kier molecular flexibility index (Phi) is 10.5. The summed E-state index contributed by atoms with van der Waals surface area (Å²) < 4.78 is 31.8. The van der Waals surface area contributed by atoms with Crippen molar-refractivity contribution in [3.63, 3.8) is 0 Å². The number of carbonyl (C=O) groups excluding carboxylic acids is 1. The first-order valence-corrected chi connectivity index (χ1v) is 8.88. The van der Waals surface area contributed by atoms with Crippen LogP contribution in [0, 0.1) is 11.6 Å². The molecule has 0 aliphatic carbocycles. The molecule has 9 heteroatoms. The number of ether oxygens (including phenoxy) is 1. The van der Waals surface area contributed by atoms with E-state index in [0.29, 0.717) is 19.6 Å². The van der Waals surface area contributed by atoms with Gasteiger partial charge in [0.05, 0.1) is 19.1 Å². The SMILES string of the molecule is Cl.Cl.O=C(CC1CNCCO1)NC1CCN(Cc2ccc(F)c(F)c2)CC1. The van der Waals surface area contributed by atoms with Crippen molar-refractivity contribution in [1.82, 2.24) is 15.5 Å². The van der Waals surface area contributed by atoms with E-state index in [2.05, 4.69) is 15.5 Å². The summed E-state index contributed by atoms with van der Waals surface area (Å²) >= 11 is 0. The third-order valence-corrected chi connectivity index (χ3v) is 4.76. The summed E-state index contributed by atoms with van der Waals surface area (Å²) in [5, 5.41) is 6.30. The van der Waals surface area contributed by atoms with Gasteiger partial charge in [0, 0.05) is 38.8 Å². The second-order valence-corrected chi connectivity index (χ2v) is 6.77. The molecule has 1 aromatic carbocycles. The summed E-state index contributed by atoms with van der Waals surface area (Å²) in [7, 11) is 0. The molecule has 154 valence electrons. The number of hydrogen-bond donors (Lipinski definition) is 2. The molecule has 2 heterocycles. The van der Waals surface area contributed by atoms with E-state index in [4.69, 9.17) is 4.74 Å². The first-order chi connectivity index (χ1) is 12.1. The van der Waals surface area contributed by atoms with Crippen molar-refractivity contribution in [3.8, 4) is 0 Å². The Morgan fingerprint density at radius 3 is 2.59 bits per heavy atom. The zero-order chi connectivity index (χ0) is 17.6. The lowest BCUT2D eigenvalue weighted by Crippen LogP contribution is -2.46. The Morgan fingerprint density at radius 2 is 1.96 bits per heavy atom. The number of carbonyl (C=O) groups is 1. The van der Waals surface area contributed by atoms with Crippen LogP contribution in [0.2, 0.25) is 0 Å². The third kappa shape index (κ3) is 7.50. The van der Waals surface area contributed by atoms with Crippen LogP contribution in [0.3, 0.4) is 0 Å². The van der Waals surface area contributed by atoms with Crippen molar-refractivity contribution in [2.75, 3.05) is 32.8 Å². The van der Waals surface area contributed by atoms with E-state index in [1.165, 1.54) is 12.1 Å². The molecule has 0 aromatic heterocycles. The monoisotopic (exact) mass is 425 g/mol. The molecule has 2 saturated heterocycles. The van der Waals surface area contributed by atoms with Gasteiger partial charge in [-0.3, -0.25) is 9.69 Å². The average Bonchev–Trinajstić information content (AvgIpc) is 2.61. The summed E-state index contributed by atoms with van der Waals surface area (Å²) in [4.78, 5) is 14.3. The standard InChI is InChI=1S/C18H25F2N3O2.2ClH/c19-16-2-1-13(9-17(16)20)12-23-6-3-14(4-7-23)22-18(24)10-15-11-21-5-8-25-15;;/h1-2,9,14-15,21H,3-8,10-12H2,(H,22,24);2*1H. The Balaban J connectivity index is 0.00000182. The number of nitrogens with one attached hydrogen (secondary N) is 2. The van der Waals surface area contributed by atoms with E-state index in [-0.39, 0.29) is 42.9 Å². The van der Waals surface area contributed by atoms with Crippen molar-refractivity contribution in [2.24, 2.45) is 0 Å². The highest BCUT2D eigenvalue weighted by molar-refractivity contribution is 5.85. The molecule has 2 fully saturated rings. The molecule has 1 atom stereocenters. The minimum absolute atomic E-state index is 0. The summed E-state index contributed by atoms with van der Waals surface area (Å²) in [6.45, 7) is 4.46. The van der Waals surface area contributed by atoms with E-state index in [9.17, 15) is 13.6 Å². The molecule has 0 spiro atoms. The average molecular weight is 426 g/mol. The van der Waals surface area contributed by atoms with Crippen molar-refractivity contribution >= 4 is 30.7 Å². The van der Waals surface area contributed by atoms with Crippen LogP contribution in [-0.4, -0.2) is 55.7 Å². The van der Waals surface area contributed by atoms with Gasteiger partial charge >= 0.3 is 0 Å². The summed E-state index contributed by atoms with van der Waals surface area (Å²) in [5.41, 5.74) is 0.767. The molecule has 0 bridgehead atoms. The van der Waals surface area contributed by atoms with Crippen LogP contribution in [0.1, 0.15) is 24.8 Å². The molecule has 0 saturated carbocycles. The third-order valence-electron chi connectivity index (χ3n) is 4.76. The van der Waals surface area contributed by atoms with Crippen LogP contribution in [0.5, 0.6) is 0 Å². The molecule has 2 aliphatic rings. The van der Waals surface area contributed by atoms with Crippen molar-refractivity contribution < 1.29 is 18.3 Å². The quantitative estimate of drug-likeness (QED) is 0.759. The zero-order valence-electron chi connectivity index (χ0n) is 15.1. The van der Waals surface area contributed by atoms with Crippen LogP contribution in [0.4, 0.5) is 8.78 Å². The smallest absolute Gasteiger partial charge is 0.222 e. The fourth-order valence-corrected chi connectivity index (χ4v) is 3.38. The maximum atomic E-state index is 13.3. The lowest BCUT2D eigenvalue weighted by molar-refractivity contribution is -0.125. The molecule has 1 aromatic rings. The molecule has 2 aliphatic heterocycles. The predicted octanol–water partition coefficient (Wildman–Crippen LogP) is 2.27. The van der Waals surface area contributed by atoms with Crippen LogP contribution < -0.4 is 10.6 Å². The molecule has 27 heavy (non-hydrogen) atoms. The van der Waals surface area contributed by atoms with E-state index in [1.54, 1.807) is 6.07 Å². The van der Waals surface area contributed by atoms with Gasteiger partial charge in [-0.1, -0.05) is 6.07 Å². The maximum Gasteiger partial charge on any atom is 0.222 e. The Bertz CT molecular complexity index is 596. The van der Waals surface area contributed by atoms with E-state index >= 15 is 0 Å². The van der Waals surface area contributed by atoms with Gasteiger partial charge < -0.3 is 15.4 Å². The fourth-order valence-electron chi connectivity index (χ4n) is 3.38. The second kappa shape index (κ2) is 11.8. The number of halogens is 4. The first kappa shape index (κ1) is 24.0. The maximum absolute atomic E-state index is 13.3. The van der Waals surface area contributed by atoms with Gasteiger partial charge in [0.1, 0.15) is 0 Å². The van der Waals surface area contributed by atoms with Gasteiger partial charge in [-0.05, 0) is 30.5 Å². The summed E-state index contributed by atoms with van der Waals surface area (Å²) in [5.74, 6) is -1.59. The number of rotatable bonds is 5. The number of benzene rings is 1. The minimum Gasteiger partial charge on any atom is -0.375 e. The first-order valence-electron chi connectivity index (χ1n) is 8.88. The van der Waals surface area contributed by atoms with E-state index < -0.39 is 11.6 Å². The molecule has 1 unspecified atom stereocenters. The topological polar surface area (TPSA) is 53.6 Å². The summed E-state index contributed by atoms with van der Waals surface area (Å²) in [6.07, 6.45) is 2.07. The Labute approximate surface area is 171 Å². The normalized spacial score (nSPS) is 21.0. The van der Waals surface area contributed by atoms with Crippen molar-refractivity contribution in [3.05, 3.63) is 35.4 Å². The van der Waals surface area contributed by atoms with Crippen LogP contribution in [0.15, 0.2) is 18.2 Å². The van der Waals surface area contributed by atoms with Crippen LogP contribution in [-0.2, 0) is 16.1 Å². The number of likely N-dealkylation sites (tertiary alicyclic amines) is 1. The van der Waals surface area contributed by atoms with Gasteiger partial charge in [-0.2, -0.15) is 0 Å². The lowest BCUT2D eigenvalue weighted by Gasteiger charge is -2.33. The fraction of sp³-hybridized carbons (Fsp3) is 0.611. The molecule has 5 nitrogen and oxygen atoms in total. The molecule has 3 rings (SSSR count). The van der Waals surface area contributed by atoms with Crippen molar-refractivity contribution in [2.45, 2.75) is 38.0 Å². The lowest BCUT2D eigenvalue weighted by atomic mass is 10.0. The highest BCUT2D eigenvalue weighted by Gasteiger charge is 2.23. The Morgan fingerprint density at radius 1 is 1.22 bits per heavy atom. The van der Waals surface area contributed by atoms with Crippen molar-refractivity contribution in [1.29, 1.82) is 0 Å². The molecule has 0 radical (unpaired) electrons.